The van der Waals surface area contributed by atoms with E-state index < -0.39 is 11.6 Å². The Hall–Kier alpha value is -1.58. The molecule has 0 bridgehead atoms. The highest BCUT2D eigenvalue weighted by Crippen LogP contribution is 2.29. The van der Waals surface area contributed by atoms with Crippen LogP contribution in [-0.4, -0.2) is 18.2 Å². The van der Waals surface area contributed by atoms with E-state index in [1.807, 2.05) is 0 Å². The van der Waals surface area contributed by atoms with Crippen molar-refractivity contribution in [3.63, 3.8) is 0 Å². The van der Waals surface area contributed by atoms with E-state index in [9.17, 15) is 9.18 Å². The summed E-state index contributed by atoms with van der Waals surface area (Å²) in [5, 5.41) is 8.71. The predicted octanol–water partition coefficient (Wildman–Crippen LogP) is 2.27. The topological polar surface area (TPSA) is 46.5 Å². The first-order valence-electron chi connectivity index (χ1n) is 4.47. The maximum Gasteiger partial charge on any atom is 0.345 e. The van der Waals surface area contributed by atoms with Crippen LogP contribution in [0.4, 0.5) is 4.39 Å². The second-order valence-corrected chi connectivity index (χ2v) is 3.49. The molecule has 1 aromatic rings. The molecule has 1 aromatic carbocycles. The molecule has 0 saturated carbocycles. The molecule has 82 valence electrons. The molecule has 0 aliphatic rings. The SMILES string of the molecule is COc1ccc(C(C)(F)C(=O)O)cc1C. The van der Waals surface area contributed by atoms with E-state index in [1.54, 1.807) is 13.0 Å². The highest BCUT2D eigenvalue weighted by Gasteiger charge is 2.35. The molecule has 0 amide bonds. The molecule has 0 spiro atoms. The summed E-state index contributed by atoms with van der Waals surface area (Å²) in [6, 6.07) is 4.46. The van der Waals surface area contributed by atoms with Gasteiger partial charge in [0.15, 0.2) is 0 Å². The van der Waals surface area contributed by atoms with Gasteiger partial charge in [0.1, 0.15) is 5.75 Å². The van der Waals surface area contributed by atoms with Crippen molar-refractivity contribution in [3.8, 4) is 5.75 Å². The van der Waals surface area contributed by atoms with E-state index in [0.717, 1.165) is 6.92 Å². The highest BCUT2D eigenvalue weighted by molar-refractivity contribution is 5.78. The first-order valence-corrected chi connectivity index (χ1v) is 4.47. The quantitative estimate of drug-likeness (QED) is 0.836. The van der Waals surface area contributed by atoms with Gasteiger partial charge in [0.25, 0.3) is 0 Å². The van der Waals surface area contributed by atoms with Crippen LogP contribution in [0.3, 0.4) is 0 Å². The van der Waals surface area contributed by atoms with Crippen molar-refractivity contribution < 1.29 is 19.0 Å². The number of rotatable bonds is 3. The largest absolute Gasteiger partial charge is 0.496 e. The van der Waals surface area contributed by atoms with Crippen LogP contribution >= 0.6 is 0 Å². The van der Waals surface area contributed by atoms with Crippen LogP contribution < -0.4 is 4.74 Å². The summed E-state index contributed by atoms with van der Waals surface area (Å²) in [7, 11) is 1.51. The molecule has 3 nitrogen and oxygen atoms in total. The molecule has 0 aliphatic carbocycles. The number of methoxy groups -OCH3 is 1. The number of hydrogen-bond acceptors (Lipinski definition) is 2. The van der Waals surface area contributed by atoms with Crippen molar-refractivity contribution >= 4 is 5.97 Å². The summed E-state index contributed by atoms with van der Waals surface area (Å²) in [6.45, 7) is 2.76. The normalized spacial score (nSPS) is 14.4. The van der Waals surface area contributed by atoms with Crippen LogP contribution in [0.1, 0.15) is 18.1 Å². The van der Waals surface area contributed by atoms with Gasteiger partial charge in [-0.2, -0.15) is 0 Å². The Labute approximate surface area is 87.5 Å². The van der Waals surface area contributed by atoms with Gasteiger partial charge in [0, 0.05) is 5.56 Å². The Morgan fingerprint density at radius 2 is 2.13 bits per heavy atom. The molecular weight excluding hydrogens is 199 g/mol. The average molecular weight is 212 g/mol. The smallest absolute Gasteiger partial charge is 0.345 e. The van der Waals surface area contributed by atoms with Crippen molar-refractivity contribution in [1.29, 1.82) is 0 Å². The number of alkyl halides is 1. The van der Waals surface area contributed by atoms with Crippen LogP contribution in [-0.2, 0) is 10.5 Å². The molecule has 1 rings (SSSR count). The fourth-order valence-electron chi connectivity index (χ4n) is 1.29. The zero-order valence-electron chi connectivity index (χ0n) is 8.87. The Morgan fingerprint density at radius 1 is 1.53 bits per heavy atom. The van der Waals surface area contributed by atoms with E-state index in [1.165, 1.54) is 19.2 Å². The number of hydrogen-bond donors (Lipinski definition) is 1. The van der Waals surface area contributed by atoms with Crippen LogP contribution in [0.2, 0.25) is 0 Å². The van der Waals surface area contributed by atoms with Gasteiger partial charge >= 0.3 is 5.97 Å². The lowest BCUT2D eigenvalue weighted by molar-refractivity contribution is -0.150. The molecule has 4 heteroatoms. The maximum absolute atomic E-state index is 13.7. The van der Waals surface area contributed by atoms with Gasteiger partial charge in [-0.3, -0.25) is 0 Å². The van der Waals surface area contributed by atoms with Gasteiger partial charge in [0.2, 0.25) is 5.67 Å². The number of carboxylic acids is 1. The van der Waals surface area contributed by atoms with E-state index in [4.69, 9.17) is 9.84 Å². The summed E-state index contributed by atoms with van der Waals surface area (Å²) < 4.78 is 18.7. The van der Waals surface area contributed by atoms with Gasteiger partial charge in [-0.1, -0.05) is 6.07 Å². The fraction of sp³-hybridized carbons (Fsp3) is 0.364. The third-order valence-electron chi connectivity index (χ3n) is 2.34. The molecule has 1 unspecified atom stereocenters. The molecule has 15 heavy (non-hydrogen) atoms. The van der Waals surface area contributed by atoms with Gasteiger partial charge in [0.05, 0.1) is 7.11 Å². The zero-order chi connectivity index (χ0) is 11.6. The number of halogens is 1. The first kappa shape index (κ1) is 11.5. The second-order valence-electron chi connectivity index (χ2n) is 3.49. The van der Waals surface area contributed by atoms with Crippen molar-refractivity contribution in [3.05, 3.63) is 29.3 Å². The lowest BCUT2D eigenvalue weighted by atomic mass is 9.96. The lowest BCUT2D eigenvalue weighted by Gasteiger charge is -2.16. The van der Waals surface area contributed by atoms with Crippen LogP contribution in [0, 0.1) is 6.92 Å². The van der Waals surface area contributed by atoms with Gasteiger partial charge in [-0.05, 0) is 31.5 Å². The fourth-order valence-corrected chi connectivity index (χ4v) is 1.29. The number of carboxylic acid groups (broad SMARTS) is 1. The van der Waals surface area contributed by atoms with Crippen LogP contribution in [0.5, 0.6) is 5.75 Å². The van der Waals surface area contributed by atoms with E-state index in [-0.39, 0.29) is 5.56 Å². The minimum absolute atomic E-state index is 0.119. The van der Waals surface area contributed by atoms with Crippen molar-refractivity contribution in [2.75, 3.05) is 7.11 Å². The monoisotopic (exact) mass is 212 g/mol. The molecular formula is C11H13FO3. The molecule has 0 aliphatic heterocycles. The van der Waals surface area contributed by atoms with Gasteiger partial charge in [-0.25, -0.2) is 9.18 Å². The van der Waals surface area contributed by atoms with E-state index >= 15 is 0 Å². The molecule has 0 saturated heterocycles. The van der Waals surface area contributed by atoms with Crippen LogP contribution in [0.15, 0.2) is 18.2 Å². The van der Waals surface area contributed by atoms with E-state index in [2.05, 4.69) is 0 Å². The van der Waals surface area contributed by atoms with Gasteiger partial charge in [-0.15, -0.1) is 0 Å². The molecule has 1 atom stereocenters. The Bertz CT molecular complexity index is 385. The first-order chi connectivity index (χ1) is 6.89. The number of aliphatic carboxylic acids is 1. The minimum atomic E-state index is -2.36. The standard InChI is InChI=1S/C11H13FO3/c1-7-6-8(4-5-9(7)15-3)11(2,12)10(13)14/h4-6H,1-3H3,(H,13,14). The second kappa shape index (κ2) is 3.88. The lowest BCUT2D eigenvalue weighted by Crippen LogP contribution is -2.26. The number of aryl methyl sites for hydroxylation is 1. The minimum Gasteiger partial charge on any atom is -0.496 e. The molecule has 1 N–H and O–H groups in total. The van der Waals surface area contributed by atoms with Crippen molar-refractivity contribution in [2.24, 2.45) is 0 Å². The van der Waals surface area contributed by atoms with Gasteiger partial charge < -0.3 is 9.84 Å². The number of carbonyl (C=O) groups is 1. The Kier molecular flexibility index (Phi) is 2.98. The molecule has 0 fully saturated rings. The summed E-state index contributed by atoms with van der Waals surface area (Å²) in [6.07, 6.45) is 0. The molecule has 0 aromatic heterocycles. The number of benzene rings is 1. The zero-order valence-corrected chi connectivity index (χ0v) is 8.87. The predicted molar refractivity (Wildman–Crippen MR) is 53.8 cm³/mol. The van der Waals surface area contributed by atoms with E-state index in [0.29, 0.717) is 11.3 Å². The Balaban J connectivity index is 3.18. The highest BCUT2D eigenvalue weighted by atomic mass is 19.1. The third kappa shape index (κ3) is 2.09. The summed E-state index contributed by atoms with van der Waals surface area (Å²) >= 11 is 0. The Morgan fingerprint density at radius 3 is 2.53 bits per heavy atom. The number of ether oxygens (including phenoxy) is 1. The molecule has 0 heterocycles. The van der Waals surface area contributed by atoms with Crippen LogP contribution in [0.25, 0.3) is 0 Å². The summed E-state index contributed by atoms with van der Waals surface area (Å²) in [4.78, 5) is 10.7. The average Bonchev–Trinajstić information content (AvgIpc) is 2.17. The van der Waals surface area contributed by atoms with Crippen molar-refractivity contribution in [1.82, 2.24) is 0 Å². The van der Waals surface area contributed by atoms with Crippen molar-refractivity contribution in [2.45, 2.75) is 19.5 Å². The maximum atomic E-state index is 13.7. The summed E-state index contributed by atoms with van der Waals surface area (Å²) in [5.41, 5.74) is -1.54. The summed E-state index contributed by atoms with van der Waals surface area (Å²) in [5.74, 6) is -0.882. The molecule has 0 radical (unpaired) electrons. The third-order valence-corrected chi connectivity index (χ3v) is 2.34.